The zero-order valence-corrected chi connectivity index (χ0v) is 18.9. The number of fused-ring (bicyclic) bond motifs is 3. The van der Waals surface area contributed by atoms with Gasteiger partial charge in [-0.1, -0.05) is 18.2 Å². The van der Waals surface area contributed by atoms with Crippen molar-refractivity contribution in [2.45, 2.75) is 6.18 Å². The zero-order chi connectivity index (χ0) is 24.7. The van der Waals surface area contributed by atoms with Crippen LogP contribution in [0, 0.1) is 11.3 Å². The Morgan fingerprint density at radius 3 is 1.80 bits per heavy atom. The fourth-order valence-corrected chi connectivity index (χ4v) is 4.40. The van der Waals surface area contributed by atoms with Gasteiger partial charge in [-0.15, -0.1) is 0 Å². The summed E-state index contributed by atoms with van der Waals surface area (Å²) < 4.78 is 53.9. The third-order valence-corrected chi connectivity index (χ3v) is 6.07. The van der Waals surface area contributed by atoms with Gasteiger partial charge in [0.15, 0.2) is 0 Å². The number of rotatable bonds is 4. The van der Waals surface area contributed by atoms with E-state index in [0.29, 0.717) is 5.56 Å². The number of methoxy groups -OCH3 is 2. The second-order valence-electron chi connectivity index (χ2n) is 8.02. The molecule has 0 aliphatic rings. The largest absolute Gasteiger partial charge is 0.497 e. The molecule has 4 aromatic carbocycles. The molecule has 0 radical (unpaired) electrons. The molecule has 35 heavy (non-hydrogen) atoms. The van der Waals surface area contributed by atoms with Crippen LogP contribution in [-0.2, 0) is 6.18 Å². The van der Waals surface area contributed by atoms with Crippen molar-refractivity contribution in [2.24, 2.45) is 0 Å². The van der Waals surface area contributed by atoms with Crippen molar-refractivity contribution in [3.8, 4) is 34.4 Å². The maximum Gasteiger partial charge on any atom is 0.417 e. The molecule has 0 unspecified atom stereocenters. The van der Waals surface area contributed by atoms with Crippen molar-refractivity contribution in [2.75, 3.05) is 14.2 Å². The van der Waals surface area contributed by atoms with Gasteiger partial charge in [-0.3, -0.25) is 0 Å². The minimum atomic E-state index is -4.58. The Morgan fingerprint density at radius 1 is 0.743 bits per heavy atom. The summed E-state index contributed by atoms with van der Waals surface area (Å²) in [6, 6.07) is 23.9. The molecule has 0 saturated heterocycles. The Labute approximate surface area is 199 Å². The second-order valence-corrected chi connectivity index (χ2v) is 8.02. The van der Waals surface area contributed by atoms with Gasteiger partial charge in [0.05, 0.1) is 42.4 Å². The van der Waals surface area contributed by atoms with E-state index in [2.05, 4.69) is 4.57 Å². The van der Waals surface area contributed by atoms with E-state index < -0.39 is 11.7 Å². The van der Waals surface area contributed by atoms with Gasteiger partial charge in [0.1, 0.15) is 11.5 Å². The highest BCUT2D eigenvalue weighted by Gasteiger charge is 2.34. The summed E-state index contributed by atoms with van der Waals surface area (Å²) in [5, 5.41) is 11.0. The molecule has 0 spiro atoms. The Balaban J connectivity index is 1.68. The summed E-state index contributed by atoms with van der Waals surface area (Å²) in [4.78, 5) is 0. The molecule has 0 aliphatic heterocycles. The van der Waals surface area contributed by atoms with Gasteiger partial charge < -0.3 is 14.0 Å². The molecule has 174 valence electrons. The average Bonchev–Trinajstić information content (AvgIpc) is 3.20. The number of halogens is 3. The van der Waals surface area contributed by atoms with Crippen molar-refractivity contribution in [3.63, 3.8) is 0 Å². The van der Waals surface area contributed by atoms with Gasteiger partial charge in [0.2, 0.25) is 0 Å². The molecule has 0 saturated carbocycles. The van der Waals surface area contributed by atoms with E-state index in [1.54, 1.807) is 44.6 Å². The van der Waals surface area contributed by atoms with Crippen LogP contribution >= 0.6 is 0 Å². The third kappa shape index (κ3) is 3.83. The summed E-state index contributed by atoms with van der Waals surface area (Å²) in [6.07, 6.45) is -4.58. The Bertz CT molecular complexity index is 1550. The maximum atomic E-state index is 13.7. The van der Waals surface area contributed by atoms with Crippen molar-refractivity contribution < 1.29 is 22.6 Å². The SMILES string of the molecule is COc1ccc2c(c1)c1cc(OC)ccc1n2-c1ccc(-c2ccc(C#N)cc2C(F)(F)F)cc1. The lowest BCUT2D eigenvalue weighted by molar-refractivity contribution is -0.137. The molecule has 5 rings (SSSR count). The molecule has 4 nitrogen and oxygen atoms in total. The summed E-state index contributed by atoms with van der Waals surface area (Å²) in [5.74, 6) is 1.44. The van der Waals surface area contributed by atoms with Crippen molar-refractivity contribution in [1.82, 2.24) is 4.57 Å². The minimum absolute atomic E-state index is 0.0275. The zero-order valence-electron chi connectivity index (χ0n) is 18.9. The number of benzene rings is 4. The molecule has 7 heteroatoms. The first-order chi connectivity index (χ1) is 16.8. The van der Waals surface area contributed by atoms with E-state index in [9.17, 15) is 13.2 Å². The first-order valence-corrected chi connectivity index (χ1v) is 10.7. The van der Waals surface area contributed by atoms with Gasteiger partial charge in [0, 0.05) is 16.5 Å². The number of nitriles is 1. The molecule has 0 bridgehead atoms. The fraction of sp³-hybridized carbons (Fsp3) is 0.107. The van der Waals surface area contributed by atoms with Gasteiger partial charge >= 0.3 is 6.18 Å². The van der Waals surface area contributed by atoms with Crippen LogP contribution in [-0.4, -0.2) is 18.8 Å². The molecular weight excluding hydrogens is 453 g/mol. The Kier molecular flexibility index (Phi) is 5.37. The van der Waals surface area contributed by atoms with Crippen molar-refractivity contribution >= 4 is 21.8 Å². The van der Waals surface area contributed by atoms with E-state index in [-0.39, 0.29) is 11.1 Å². The van der Waals surface area contributed by atoms with Crippen molar-refractivity contribution in [3.05, 3.63) is 90.0 Å². The van der Waals surface area contributed by atoms with Crippen LogP contribution in [0.1, 0.15) is 11.1 Å². The molecular formula is C28H19F3N2O2. The molecule has 0 fully saturated rings. The van der Waals surface area contributed by atoms with Gasteiger partial charge in [0.25, 0.3) is 0 Å². The predicted octanol–water partition coefficient (Wildman–Crippen LogP) is 7.36. The maximum absolute atomic E-state index is 13.7. The van der Waals surface area contributed by atoms with Gasteiger partial charge in [-0.25, -0.2) is 0 Å². The number of hydrogen-bond acceptors (Lipinski definition) is 3. The third-order valence-electron chi connectivity index (χ3n) is 6.07. The van der Waals surface area contributed by atoms with E-state index in [4.69, 9.17) is 14.7 Å². The lowest BCUT2D eigenvalue weighted by Crippen LogP contribution is -2.07. The van der Waals surface area contributed by atoms with Crippen LogP contribution in [0.2, 0.25) is 0 Å². The van der Waals surface area contributed by atoms with E-state index in [1.165, 1.54) is 12.1 Å². The minimum Gasteiger partial charge on any atom is -0.497 e. The lowest BCUT2D eigenvalue weighted by Gasteiger charge is -2.14. The molecule has 0 N–H and O–H groups in total. The predicted molar refractivity (Wildman–Crippen MR) is 129 cm³/mol. The Morgan fingerprint density at radius 2 is 1.31 bits per heavy atom. The van der Waals surface area contributed by atoms with Gasteiger partial charge in [-0.05, 0) is 71.8 Å². The number of hydrogen-bond donors (Lipinski definition) is 0. The normalized spacial score (nSPS) is 11.5. The van der Waals surface area contributed by atoms with Crippen molar-refractivity contribution in [1.29, 1.82) is 5.26 Å². The number of alkyl halides is 3. The van der Waals surface area contributed by atoms with Crippen LogP contribution in [0.4, 0.5) is 13.2 Å². The number of ether oxygens (including phenoxy) is 2. The first kappa shape index (κ1) is 22.4. The number of aromatic nitrogens is 1. The average molecular weight is 472 g/mol. The first-order valence-electron chi connectivity index (χ1n) is 10.7. The Hall–Kier alpha value is -4.44. The van der Waals surface area contributed by atoms with Crippen LogP contribution in [0.5, 0.6) is 11.5 Å². The van der Waals surface area contributed by atoms with Crippen LogP contribution in [0.3, 0.4) is 0 Å². The summed E-state index contributed by atoms with van der Waals surface area (Å²) >= 11 is 0. The summed E-state index contributed by atoms with van der Waals surface area (Å²) in [7, 11) is 3.22. The van der Waals surface area contributed by atoms with Crippen LogP contribution in [0.25, 0.3) is 38.6 Å². The fourth-order valence-electron chi connectivity index (χ4n) is 4.40. The number of nitrogens with zero attached hydrogens (tertiary/aromatic N) is 2. The highest BCUT2D eigenvalue weighted by molar-refractivity contribution is 6.10. The standard InChI is InChI=1S/C28H19F3N2O2/c1-34-20-8-11-26-23(14-20)24-15-21(35-2)9-12-27(24)33(26)19-6-4-18(5-7-19)22-10-3-17(16-32)13-25(22)28(29,30)31/h3-15H,1-2H3. The lowest BCUT2D eigenvalue weighted by atomic mass is 9.97. The van der Waals surface area contributed by atoms with E-state index in [0.717, 1.165) is 45.1 Å². The highest BCUT2D eigenvalue weighted by atomic mass is 19.4. The molecule has 0 amide bonds. The highest BCUT2D eigenvalue weighted by Crippen LogP contribution is 2.39. The molecule has 1 aromatic heterocycles. The molecule has 1 heterocycles. The summed E-state index contributed by atoms with van der Waals surface area (Å²) in [6.45, 7) is 0. The topological polar surface area (TPSA) is 47.2 Å². The smallest absolute Gasteiger partial charge is 0.417 e. The quantitative estimate of drug-likeness (QED) is 0.275. The molecule has 0 atom stereocenters. The second kappa shape index (κ2) is 8.41. The molecule has 5 aromatic rings. The molecule has 0 aliphatic carbocycles. The summed E-state index contributed by atoms with van der Waals surface area (Å²) in [5.41, 5.74) is 2.22. The van der Waals surface area contributed by atoms with E-state index >= 15 is 0 Å². The van der Waals surface area contributed by atoms with Crippen LogP contribution in [0.15, 0.2) is 78.9 Å². The van der Waals surface area contributed by atoms with Gasteiger partial charge in [-0.2, -0.15) is 18.4 Å². The van der Waals surface area contributed by atoms with Crippen LogP contribution < -0.4 is 9.47 Å². The van der Waals surface area contributed by atoms with E-state index in [1.807, 2.05) is 36.4 Å². The monoisotopic (exact) mass is 472 g/mol.